The topological polar surface area (TPSA) is 3.24 Å². The molecule has 0 bridgehead atoms. The van der Waals surface area contributed by atoms with Crippen molar-refractivity contribution in [2.45, 2.75) is 86.0 Å². The molecule has 0 radical (unpaired) electrons. The van der Waals surface area contributed by atoms with Gasteiger partial charge >= 0.3 is 0 Å². The lowest BCUT2D eigenvalue weighted by Crippen LogP contribution is -2.45. The van der Waals surface area contributed by atoms with Gasteiger partial charge in [0.05, 0.1) is 0 Å². The van der Waals surface area contributed by atoms with E-state index in [1.54, 1.807) is 0 Å². The summed E-state index contributed by atoms with van der Waals surface area (Å²) in [4.78, 5) is 2.53. The van der Waals surface area contributed by atoms with Gasteiger partial charge in [0.1, 0.15) is 0 Å². The highest BCUT2D eigenvalue weighted by atomic mass is 15.1. The van der Waals surface area contributed by atoms with Crippen LogP contribution in [0.5, 0.6) is 0 Å². The lowest BCUT2D eigenvalue weighted by atomic mass is 9.55. The Morgan fingerprint density at radius 3 is 1.77 bits per heavy atom. The molecule has 1 saturated carbocycles. The van der Waals surface area contributed by atoms with Crippen molar-refractivity contribution in [3.05, 3.63) is 0 Å². The van der Waals surface area contributed by atoms with Crippen LogP contribution in [0.2, 0.25) is 0 Å². The monoisotopic (exact) mass is 307 g/mol. The van der Waals surface area contributed by atoms with Crippen molar-refractivity contribution in [2.24, 2.45) is 28.6 Å². The summed E-state index contributed by atoms with van der Waals surface area (Å²) in [6.07, 6.45) is 11.7. The summed E-state index contributed by atoms with van der Waals surface area (Å²) in [6, 6.07) is 0. The first-order valence-corrected chi connectivity index (χ1v) is 10.0. The van der Waals surface area contributed by atoms with Gasteiger partial charge in [0.15, 0.2) is 0 Å². The van der Waals surface area contributed by atoms with E-state index in [1.807, 2.05) is 0 Å². The van der Waals surface area contributed by atoms with E-state index in [0.717, 1.165) is 17.8 Å². The van der Waals surface area contributed by atoms with E-state index >= 15 is 0 Å². The van der Waals surface area contributed by atoms with Crippen molar-refractivity contribution in [2.75, 3.05) is 20.1 Å². The molecular formula is C21H41N. The highest BCUT2D eigenvalue weighted by Gasteiger charge is 2.45. The van der Waals surface area contributed by atoms with E-state index in [-0.39, 0.29) is 0 Å². The molecule has 0 aromatic rings. The van der Waals surface area contributed by atoms with E-state index in [0.29, 0.717) is 10.8 Å². The molecule has 0 aromatic heterocycles. The molecule has 1 atom stereocenters. The van der Waals surface area contributed by atoms with Gasteiger partial charge in [0, 0.05) is 0 Å². The molecule has 130 valence electrons. The number of likely N-dealkylation sites (tertiary alicyclic amines) is 1. The zero-order valence-electron chi connectivity index (χ0n) is 16.3. The molecule has 22 heavy (non-hydrogen) atoms. The van der Waals surface area contributed by atoms with Crippen LogP contribution in [0.15, 0.2) is 0 Å². The summed E-state index contributed by atoms with van der Waals surface area (Å²) in [7, 11) is 2.30. The lowest BCUT2D eigenvalue weighted by Gasteiger charge is -2.52. The molecule has 2 aliphatic rings. The third-order valence-electron chi connectivity index (χ3n) is 7.84. The standard InChI is InChI=1S/C21H41N/c1-17(2)20(12-14-22(6)15-13-20)16-19(5)21(18(3)4)10-8-7-9-11-21/h17-19H,7-16H2,1-6H3/t19-/m1/s1. The van der Waals surface area contributed by atoms with Crippen molar-refractivity contribution >= 4 is 0 Å². The van der Waals surface area contributed by atoms with Crippen LogP contribution in [0.4, 0.5) is 0 Å². The Hall–Kier alpha value is -0.0400. The summed E-state index contributed by atoms with van der Waals surface area (Å²) >= 11 is 0. The largest absolute Gasteiger partial charge is 0.306 e. The van der Waals surface area contributed by atoms with E-state index in [4.69, 9.17) is 0 Å². The van der Waals surface area contributed by atoms with Gasteiger partial charge in [-0.05, 0) is 80.8 Å². The predicted molar refractivity (Wildman–Crippen MR) is 98.1 cm³/mol. The molecule has 1 aliphatic heterocycles. The third-order valence-corrected chi connectivity index (χ3v) is 7.84. The van der Waals surface area contributed by atoms with Gasteiger partial charge < -0.3 is 4.90 Å². The van der Waals surface area contributed by atoms with Gasteiger partial charge in [-0.3, -0.25) is 0 Å². The van der Waals surface area contributed by atoms with Crippen molar-refractivity contribution in [3.63, 3.8) is 0 Å². The normalized spacial score (nSPS) is 27.3. The zero-order chi connectivity index (χ0) is 16.4. The first kappa shape index (κ1) is 18.3. The Kier molecular flexibility index (Phi) is 6.02. The minimum atomic E-state index is 0.602. The molecular weight excluding hydrogens is 266 g/mol. The molecule has 0 amide bonds. The van der Waals surface area contributed by atoms with Gasteiger partial charge in [0.2, 0.25) is 0 Å². The molecule has 0 N–H and O–H groups in total. The van der Waals surface area contributed by atoms with E-state index in [1.165, 1.54) is 64.5 Å². The minimum absolute atomic E-state index is 0.602. The van der Waals surface area contributed by atoms with Crippen LogP contribution in [0, 0.1) is 28.6 Å². The average Bonchev–Trinajstić information content (AvgIpc) is 2.50. The second-order valence-electron chi connectivity index (χ2n) is 9.37. The van der Waals surface area contributed by atoms with Crippen molar-refractivity contribution in [1.82, 2.24) is 4.90 Å². The van der Waals surface area contributed by atoms with Crippen LogP contribution in [-0.2, 0) is 0 Å². The van der Waals surface area contributed by atoms with Crippen LogP contribution in [0.3, 0.4) is 0 Å². The van der Waals surface area contributed by atoms with Gasteiger partial charge in [-0.25, -0.2) is 0 Å². The third kappa shape index (κ3) is 3.55. The van der Waals surface area contributed by atoms with Crippen LogP contribution >= 0.6 is 0 Å². The molecule has 1 nitrogen and oxygen atoms in total. The van der Waals surface area contributed by atoms with Gasteiger partial charge in [0.25, 0.3) is 0 Å². The Morgan fingerprint density at radius 1 is 0.773 bits per heavy atom. The summed E-state index contributed by atoms with van der Waals surface area (Å²) in [5, 5.41) is 0. The summed E-state index contributed by atoms with van der Waals surface area (Å²) in [5.74, 6) is 2.56. The summed E-state index contributed by atoms with van der Waals surface area (Å²) in [5.41, 5.74) is 1.23. The first-order valence-electron chi connectivity index (χ1n) is 10.0. The molecule has 2 rings (SSSR count). The van der Waals surface area contributed by atoms with Crippen molar-refractivity contribution in [1.29, 1.82) is 0 Å². The maximum atomic E-state index is 2.60. The van der Waals surface area contributed by atoms with Crippen LogP contribution in [-0.4, -0.2) is 25.0 Å². The molecule has 0 unspecified atom stereocenters. The molecule has 1 heterocycles. The Balaban J connectivity index is 2.14. The molecule has 0 spiro atoms. The molecule has 2 fully saturated rings. The minimum Gasteiger partial charge on any atom is -0.306 e. The Bertz CT molecular complexity index is 330. The summed E-state index contributed by atoms with van der Waals surface area (Å²) in [6.45, 7) is 15.2. The number of hydrogen-bond donors (Lipinski definition) is 0. The smallest absolute Gasteiger partial charge is 0.00164 e. The Morgan fingerprint density at radius 2 is 1.32 bits per heavy atom. The van der Waals surface area contributed by atoms with Crippen LogP contribution in [0.25, 0.3) is 0 Å². The number of nitrogens with zero attached hydrogens (tertiary/aromatic N) is 1. The highest BCUT2D eigenvalue weighted by molar-refractivity contribution is 4.96. The van der Waals surface area contributed by atoms with Gasteiger partial charge in [-0.15, -0.1) is 0 Å². The summed E-state index contributed by atoms with van der Waals surface area (Å²) < 4.78 is 0. The maximum absolute atomic E-state index is 2.60. The predicted octanol–water partition coefficient (Wildman–Crippen LogP) is 5.99. The Labute approximate surface area is 140 Å². The number of hydrogen-bond acceptors (Lipinski definition) is 1. The van der Waals surface area contributed by atoms with E-state index in [9.17, 15) is 0 Å². The highest BCUT2D eigenvalue weighted by Crippen LogP contribution is 2.54. The fourth-order valence-corrected chi connectivity index (χ4v) is 5.74. The molecule has 1 aliphatic carbocycles. The average molecular weight is 308 g/mol. The molecule has 1 saturated heterocycles. The maximum Gasteiger partial charge on any atom is -0.00164 e. The van der Waals surface area contributed by atoms with Crippen molar-refractivity contribution < 1.29 is 0 Å². The zero-order valence-corrected chi connectivity index (χ0v) is 16.3. The van der Waals surface area contributed by atoms with Gasteiger partial charge in [-0.2, -0.15) is 0 Å². The number of rotatable bonds is 5. The van der Waals surface area contributed by atoms with E-state index < -0.39 is 0 Å². The fraction of sp³-hybridized carbons (Fsp3) is 1.00. The lowest BCUT2D eigenvalue weighted by molar-refractivity contribution is -0.0176. The number of piperidine rings is 1. The molecule has 0 aromatic carbocycles. The van der Waals surface area contributed by atoms with Crippen LogP contribution in [0.1, 0.15) is 86.0 Å². The van der Waals surface area contributed by atoms with Crippen LogP contribution < -0.4 is 0 Å². The second kappa shape index (κ2) is 7.24. The first-order chi connectivity index (χ1) is 10.3. The SMILES string of the molecule is CC(C)C1(C[C@@H](C)C2(C(C)C)CCCCC2)CCN(C)CC1. The van der Waals surface area contributed by atoms with E-state index in [2.05, 4.69) is 46.6 Å². The second-order valence-corrected chi connectivity index (χ2v) is 9.37. The quantitative estimate of drug-likeness (QED) is 0.603. The van der Waals surface area contributed by atoms with Crippen molar-refractivity contribution in [3.8, 4) is 0 Å². The molecule has 1 heteroatoms. The fourth-order valence-electron chi connectivity index (χ4n) is 5.74. The van der Waals surface area contributed by atoms with Gasteiger partial charge in [-0.1, -0.05) is 53.9 Å².